The summed E-state index contributed by atoms with van der Waals surface area (Å²) in [5.74, 6) is -0.816. The summed E-state index contributed by atoms with van der Waals surface area (Å²) >= 11 is 4.19. The predicted molar refractivity (Wildman–Crippen MR) is 124 cm³/mol. The summed E-state index contributed by atoms with van der Waals surface area (Å²) in [6.45, 7) is 6.47. The Hall–Kier alpha value is -2.72. The van der Waals surface area contributed by atoms with Crippen LogP contribution in [-0.4, -0.2) is 26.4 Å². The van der Waals surface area contributed by atoms with Gasteiger partial charge in [0.2, 0.25) is 5.91 Å². The highest BCUT2D eigenvalue weighted by molar-refractivity contribution is 9.10. The molecule has 0 aliphatic rings. The van der Waals surface area contributed by atoms with Gasteiger partial charge in [-0.1, -0.05) is 36.9 Å². The highest BCUT2D eigenvalue weighted by atomic mass is 79.9. The fourth-order valence-corrected chi connectivity index (χ4v) is 4.06. The summed E-state index contributed by atoms with van der Waals surface area (Å²) in [6.07, 6.45) is 2.64. The zero-order valence-electron chi connectivity index (χ0n) is 17.3. The zero-order chi connectivity index (χ0) is 23.1. The zero-order valence-corrected chi connectivity index (χ0v) is 19.7. The van der Waals surface area contributed by atoms with Crippen molar-refractivity contribution in [3.63, 3.8) is 0 Å². The molecule has 3 aromatic rings. The summed E-state index contributed by atoms with van der Waals surface area (Å²) in [4.78, 5) is 12.3. The Morgan fingerprint density at radius 3 is 2.69 bits per heavy atom. The van der Waals surface area contributed by atoms with Gasteiger partial charge in [0.05, 0.1) is 11.4 Å². The Morgan fingerprint density at radius 2 is 2.03 bits per heavy atom. The van der Waals surface area contributed by atoms with Crippen LogP contribution >= 0.6 is 27.7 Å². The number of rotatable bonds is 10. The van der Waals surface area contributed by atoms with Crippen molar-refractivity contribution in [1.29, 1.82) is 0 Å². The molecule has 1 amide bonds. The number of nitrogens with zero attached hydrogens (tertiary/aromatic N) is 3. The van der Waals surface area contributed by atoms with E-state index in [2.05, 4.69) is 44.9 Å². The minimum absolute atomic E-state index is 0.0438. The lowest BCUT2D eigenvalue weighted by molar-refractivity contribution is -0.113. The Morgan fingerprint density at radius 1 is 1.28 bits per heavy atom. The van der Waals surface area contributed by atoms with E-state index in [0.717, 1.165) is 30.0 Å². The summed E-state index contributed by atoms with van der Waals surface area (Å²) < 4.78 is 34.9. The first-order valence-corrected chi connectivity index (χ1v) is 11.5. The van der Waals surface area contributed by atoms with Crippen molar-refractivity contribution in [2.45, 2.75) is 31.7 Å². The number of aryl methyl sites for hydroxylation is 1. The number of allylic oxidation sites excluding steroid dienone is 1. The second-order valence-electron chi connectivity index (χ2n) is 6.67. The van der Waals surface area contributed by atoms with Crippen LogP contribution < -0.4 is 10.1 Å². The van der Waals surface area contributed by atoms with Crippen molar-refractivity contribution in [1.82, 2.24) is 14.8 Å². The molecule has 0 unspecified atom stereocenters. The Kier molecular flexibility index (Phi) is 8.40. The largest absolute Gasteiger partial charge is 0.486 e. The molecular formula is C22H21BrF2N4O2S. The molecule has 0 radical (unpaired) electrons. The average molecular weight is 523 g/mol. The minimum atomic E-state index is -0.864. The standard InChI is InChI=1S/C22H21BrF2N4O2S/c1-3-9-29-19(12-31-16-7-5-14(4-2)6-8-16)27-28-22(29)32-13-20(30)26-21-17(23)10-15(24)11-18(21)25/h3,5-8,10-11H,1,4,9,12-13H2,2H3,(H,26,30). The average Bonchev–Trinajstić information content (AvgIpc) is 3.15. The van der Waals surface area contributed by atoms with Gasteiger partial charge in [0.15, 0.2) is 16.8 Å². The van der Waals surface area contributed by atoms with Gasteiger partial charge in [0.25, 0.3) is 0 Å². The quantitative estimate of drug-likeness (QED) is 0.286. The van der Waals surface area contributed by atoms with Crippen LogP contribution in [0.1, 0.15) is 18.3 Å². The molecule has 3 rings (SSSR count). The SMILES string of the molecule is C=CCn1c(COc2ccc(CC)cc2)nnc1SCC(=O)Nc1c(F)cc(F)cc1Br. The Bertz CT molecular complexity index is 1080. The van der Waals surface area contributed by atoms with Crippen LogP contribution in [0, 0.1) is 11.6 Å². The van der Waals surface area contributed by atoms with Gasteiger partial charge in [0, 0.05) is 17.1 Å². The van der Waals surface area contributed by atoms with Gasteiger partial charge in [-0.2, -0.15) is 0 Å². The van der Waals surface area contributed by atoms with Gasteiger partial charge in [-0.15, -0.1) is 16.8 Å². The number of ether oxygens (including phenoxy) is 1. The van der Waals surface area contributed by atoms with Gasteiger partial charge < -0.3 is 10.1 Å². The number of hydrogen-bond donors (Lipinski definition) is 1. The Balaban J connectivity index is 1.63. The van der Waals surface area contributed by atoms with E-state index in [4.69, 9.17) is 4.74 Å². The third kappa shape index (κ3) is 6.17. The highest BCUT2D eigenvalue weighted by Crippen LogP contribution is 2.27. The monoisotopic (exact) mass is 522 g/mol. The van der Waals surface area contributed by atoms with E-state index in [0.29, 0.717) is 23.6 Å². The molecule has 0 fully saturated rings. The number of amides is 1. The maximum atomic E-state index is 13.9. The van der Waals surface area contributed by atoms with E-state index in [1.165, 1.54) is 5.56 Å². The molecule has 10 heteroatoms. The van der Waals surface area contributed by atoms with E-state index < -0.39 is 17.5 Å². The van der Waals surface area contributed by atoms with Gasteiger partial charge in [-0.3, -0.25) is 9.36 Å². The molecular weight excluding hydrogens is 502 g/mol. The van der Waals surface area contributed by atoms with Crippen molar-refractivity contribution < 1.29 is 18.3 Å². The highest BCUT2D eigenvalue weighted by Gasteiger charge is 2.16. The van der Waals surface area contributed by atoms with Crippen LogP contribution in [-0.2, 0) is 24.4 Å². The third-order valence-corrected chi connectivity index (χ3v) is 6.00. The molecule has 1 N–H and O–H groups in total. The number of carbonyl (C=O) groups is 1. The molecule has 0 aliphatic heterocycles. The fourth-order valence-electron chi connectivity index (χ4n) is 2.78. The van der Waals surface area contributed by atoms with E-state index in [-0.39, 0.29) is 22.5 Å². The minimum Gasteiger partial charge on any atom is -0.486 e. The van der Waals surface area contributed by atoms with Crippen LogP contribution in [0.5, 0.6) is 5.75 Å². The molecule has 0 spiro atoms. The van der Waals surface area contributed by atoms with Crippen LogP contribution in [0.15, 0.2) is 58.7 Å². The van der Waals surface area contributed by atoms with Crippen molar-refractivity contribution in [2.24, 2.45) is 0 Å². The third-order valence-electron chi connectivity index (χ3n) is 4.41. The molecule has 0 atom stereocenters. The van der Waals surface area contributed by atoms with Gasteiger partial charge in [-0.25, -0.2) is 8.78 Å². The maximum absolute atomic E-state index is 13.9. The normalized spacial score (nSPS) is 10.8. The number of carbonyl (C=O) groups excluding carboxylic acids is 1. The predicted octanol–water partition coefficient (Wildman–Crippen LogP) is 5.38. The van der Waals surface area contributed by atoms with E-state index >= 15 is 0 Å². The van der Waals surface area contributed by atoms with E-state index in [9.17, 15) is 13.6 Å². The first kappa shape index (κ1) is 23.9. The van der Waals surface area contributed by atoms with Crippen molar-refractivity contribution in [3.8, 4) is 5.75 Å². The molecule has 1 aromatic heterocycles. The second-order valence-corrected chi connectivity index (χ2v) is 8.46. The summed E-state index contributed by atoms with van der Waals surface area (Å²) in [5.41, 5.74) is 1.10. The lowest BCUT2D eigenvalue weighted by Gasteiger charge is -2.10. The number of hydrogen-bond acceptors (Lipinski definition) is 5. The Labute approximate surface area is 197 Å². The van der Waals surface area contributed by atoms with Crippen molar-refractivity contribution >= 4 is 39.3 Å². The first-order valence-electron chi connectivity index (χ1n) is 9.73. The lowest BCUT2D eigenvalue weighted by Crippen LogP contribution is -2.16. The number of anilines is 1. The van der Waals surface area contributed by atoms with E-state index in [1.54, 1.807) is 10.6 Å². The fraction of sp³-hybridized carbons (Fsp3) is 0.227. The molecule has 0 aliphatic carbocycles. The summed E-state index contributed by atoms with van der Waals surface area (Å²) in [6, 6.07) is 9.60. The van der Waals surface area contributed by atoms with Crippen LogP contribution in [0.3, 0.4) is 0 Å². The van der Waals surface area contributed by atoms with Crippen LogP contribution in [0.2, 0.25) is 0 Å². The molecule has 0 saturated carbocycles. The number of nitrogens with one attached hydrogen (secondary N) is 1. The summed E-state index contributed by atoms with van der Waals surface area (Å²) in [5, 5.41) is 11.2. The van der Waals surface area contributed by atoms with Crippen molar-refractivity contribution in [2.75, 3.05) is 11.1 Å². The number of thioether (sulfide) groups is 1. The van der Waals surface area contributed by atoms with Gasteiger partial charge >= 0.3 is 0 Å². The molecule has 0 bridgehead atoms. The first-order chi connectivity index (χ1) is 15.4. The molecule has 2 aromatic carbocycles. The number of halogens is 3. The van der Waals surface area contributed by atoms with Gasteiger partial charge in [-0.05, 0) is 46.1 Å². The smallest absolute Gasteiger partial charge is 0.234 e. The molecule has 6 nitrogen and oxygen atoms in total. The number of benzene rings is 2. The molecule has 1 heterocycles. The lowest BCUT2D eigenvalue weighted by atomic mass is 10.2. The van der Waals surface area contributed by atoms with Crippen LogP contribution in [0.4, 0.5) is 14.5 Å². The molecule has 0 saturated heterocycles. The van der Waals surface area contributed by atoms with Crippen LogP contribution in [0.25, 0.3) is 0 Å². The molecule has 32 heavy (non-hydrogen) atoms. The van der Waals surface area contributed by atoms with Gasteiger partial charge in [0.1, 0.15) is 18.2 Å². The summed E-state index contributed by atoms with van der Waals surface area (Å²) in [7, 11) is 0. The number of aromatic nitrogens is 3. The second kappa shape index (κ2) is 11.2. The topological polar surface area (TPSA) is 69.0 Å². The van der Waals surface area contributed by atoms with E-state index in [1.807, 2.05) is 24.3 Å². The van der Waals surface area contributed by atoms with Crippen molar-refractivity contribution in [3.05, 3.63) is 76.5 Å². The maximum Gasteiger partial charge on any atom is 0.234 e. The molecule has 168 valence electrons.